The van der Waals surface area contributed by atoms with Crippen LogP contribution in [0.25, 0.3) is 0 Å². The smallest absolute Gasteiger partial charge is 0.243 e. The Morgan fingerprint density at radius 1 is 0.852 bits per heavy atom. The van der Waals surface area contributed by atoms with Crippen molar-refractivity contribution in [3.63, 3.8) is 0 Å². The Hall–Kier alpha value is -1.87. The first-order valence-electron chi connectivity index (χ1n) is 8.42. The molecular weight excluding hydrogens is 402 g/mol. The van der Waals surface area contributed by atoms with Gasteiger partial charge in [0.2, 0.25) is 10.0 Å². The zero-order valence-electron chi connectivity index (χ0n) is 14.9. The largest absolute Gasteiger partial charge is 0.491 e. The first kappa shape index (κ1) is 19.9. The predicted octanol–water partition coefficient (Wildman–Crippen LogP) is 4.27. The highest BCUT2D eigenvalue weighted by atomic mass is 32.2. The van der Waals surface area contributed by atoms with Gasteiger partial charge in [0.25, 0.3) is 0 Å². The molecule has 0 aliphatic rings. The fourth-order valence-corrected chi connectivity index (χ4v) is 4.96. The van der Waals surface area contributed by atoms with Gasteiger partial charge in [0.15, 0.2) is 0 Å². The first-order chi connectivity index (χ1) is 13.1. The van der Waals surface area contributed by atoms with E-state index in [1.807, 2.05) is 40.6 Å². The normalized spacial score (nSPS) is 11.6. The van der Waals surface area contributed by atoms with Crippen molar-refractivity contribution in [1.29, 1.82) is 0 Å². The topological polar surface area (TPSA) is 55.8 Å². The van der Waals surface area contributed by atoms with E-state index in [-0.39, 0.29) is 31.2 Å². The van der Waals surface area contributed by atoms with Crippen LogP contribution in [0.15, 0.2) is 62.8 Å². The number of hydrogen-bond donors (Lipinski definition) is 0. The highest BCUT2D eigenvalue weighted by Gasteiger charge is 2.24. The standard InChI is InChI=1S/C19H21NO4S3/c1-16-2-4-19(5-3-16)27(21,22)20(8-10-23-17-6-12-25-14-17)9-11-24-18-7-13-26-15-18/h2-7,12-15H,8-11H2,1H3. The summed E-state index contributed by atoms with van der Waals surface area (Å²) in [4.78, 5) is 0.277. The third-order valence-electron chi connectivity index (χ3n) is 3.87. The fraction of sp³-hybridized carbons (Fsp3) is 0.263. The van der Waals surface area contributed by atoms with Gasteiger partial charge < -0.3 is 9.47 Å². The lowest BCUT2D eigenvalue weighted by Gasteiger charge is -2.22. The lowest BCUT2D eigenvalue weighted by Crippen LogP contribution is -2.37. The third kappa shape index (κ3) is 5.55. The molecular formula is C19H21NO4S3. The van der Waals surface area contributed by atoms with E-state index >= 15 is 0 Å². The van der Waals surface area contributed by atoms with E-state index in [1.54, 1.807) is 24.3 Å². The molecule has 27 heavy (non-hydrogen) atoms. The molecule has 0 bridgehead atoms. The van der Waals surface area contributed by atoms with E-state index in [4.69, 9.17) is 9.47 Å². The van der Waals surface area contributed by atoms with Crippen LogP contribution in [0, 0.1) is 6.92 Å². The Labute approximate surface area is 167 Å². The lowest BCUT2D eigenvalue weighted by atomic mass is 10.2. The summed E-state index contributed by atoms with van der Waals surface area (Å²) in [5, 5.41) is 7.62. The van der Waals surface area contributed by atoms with Gasteiger partial charge in [0.05, 0.1) is 4.90 Å². The van der Waals surface area contributed by atoms with Crippen molar-refractivity contribution in [1.82, 2.24) is 4.31 Å². The number of aryl methyl sites for hydroxylation is 1. The second kappa shape index (κ2) is 9.36. The van der Waals surface area contributed by atoms with Crippen molar-refractivity contribution in [2.24, 2.45) is 0 Å². The summed E-state index contributed by atoms with van der Waals surface area (Å²) in [7, 11) is -3.62. The lowest BCUT2D eigenvalue weighted by molar-refractivity contribution is 0.238. The Kier molecular flexibility index (Phi) is 6.89. The van der Waals surface area contributed by atoms with Crippen LogP contribution >= 0.6 is 22.7 Å². The minimum Gasteiger partial charge on any atom is -0.491 e. The van der Waals surface area contributed by atoms with Gasteiger partial charge >= 0.3 is 0 Å². The molecule has 0 aliphatic heterocycles. The molecule has 0 saturated carbocycles. The third-order valence-corrected chi connectivity index (χ3v) is 7.10. The van der Waals surface area contributed by atoms with Crippen molar-refractivity contribution >= 4 is 32.7 Å². The molecule has 0 unspecified atom stereocenters. The molecule has 0 saturated heterocycles. The molecule has 0 fully saturated rings. The second-order valence-corrected chi connectivity index (χ2v) is 9.33. The summed E-state index contributed by atoms with van der Waals surface area (Å²) in [5.74, 6) is 1.50. The van der Waals surface area contributed by atoms with Crippen LogP contribution in [0.2, 0.25) is 0 Å². The predicted molar refractivity (Wildman–Crippen MR) is 110 cm³/mol. The molecule has 3 rings (SSSR count). The van der Waals surface area contributed by atoms with Crippen LogP contribution in [-0.2, 0) is 10.0 Å². The maximum Gasteiger partial charge on any atom is 0.243 e. The zero-order chi connectivity index (χ0) is 19.1. The van der Waals surface area contributed by atoms with Crippen LogP contribution in [0.1, 0.15) is 5.56 Å². The Balaban J connectivity index is 1.67. The van der Waals surface area contributed by atoms with Gasteiger partial charge in [0.1, 0.15) is 24.7 Å². The highest BCUT2D eigenvalue weighted by molar-refractivity contribution is 7.89. The molecule has 0 radical (unpaired) electrons. The molecule has 1 aromatic carbocycles. The Morgan fingerprint density at radius 3 is 1.81 bits per heavy atom. The van der Waals surface area contributed by atoms with Crippen LogP contribution in [0.4, 0.5) is 0 Å². The summed E-state index contributed by atoms with van der Waals surface area (Å²) in [6.07, 6.45) is 0. The van der Waals surface area contributed by atoms with Gasteiger partial charge in [-0.1, -0.05) is 17.7 Å². The van der Waals surface area contributed by atoms with Crippen molar-refractivity contribution in [2.45, 2.75) is 11.8 Å². The van der Waals surface area contributed by atoms with Crippen molar-refractivity contribution in [2.75, 3.05) is 26.3 Å². The number of benzene rings is 1. The number of rotatable bonds is 10. The molecule has 2 heterocycles. The first-order valence-corrected chi connectivity index (χ1v) is 11.7. The van der Waals surface area contributed by atoms with Gasteiger partial charge in [0, 0.05) is 23.8 Å². The van der Waals surface area contributed by atoms with E-state index in [0.29, 0.717) is 0 Å². The molecule has 0 N–H and O–H groups in total. The van der Waals surface area contributed by atoms with E-state index in [9.17, 15) is 8.42 Å². The fourth-order valence-electron chi connectivity index (χ4n) is 2.41. The van der Waals surface area contributed by atoms with Gasteiger partial charge in [-0.15, -0.1) is 22.7 Å². The van der Waals surface area contributed by atoms with Gasteiger partial charge in [-0.2, -0.15) is 4.31 Å². The minimum atomic E-state index is -3.62. The second-order valence-electron chi connectivity index (χ2n) is 5.83. The van der Waals surface area contributed by atoms with Crippen LogP contribution < -0.4 is 9.47 Å². The Bertz CT molecular complexity index is 864. The molecule has 3 aromatic rings. The van der Waals surface area contributed by atoms with E-state index in [0.717, 1.165) is 17.1 Å². The van der Waals surface area contributed by atoms with Crippen LogP contribution in [0.3, 0.4) is 0 Å². The van der Waals surface area contributed by atoms with E-state index in [1.165, 1.54) is 27.0 Å². The molecule has 0 aliphatic carbocycles. The number of thiophene rings is 2. The molecule has 0 spiro atoms. The molecule has 0 atom stereocenters. The molecule has 8 heteroatoms. The average Bonchev–Trinajstić information content (AvgIpc) is 3.34. The Morgan fingerprint density at radius 2 is 1.37 bits per heavy atom. The zero-order valence-corrected chi connectivity index (χ0v) is 17.4. The van der Waals surface area contributed by atoms with Crippen molar-refractivity contribution in [3.05, 3.63) is 63.5 Å². The van der Waals surface area contributed by atoms with Gasteiger partial charge in [-0.3, -0.25) is 0 Å². The van der Waals surface area contributed by atoms with Crippen molar-refractivity contribution < 1.29 is 17.9 Å². The highest BCUT2D eigenvalue weighted by Crippen LogP contribution is 2.19. The molecule has 144 valence electrons. The minimum absolute atomic E-state index is 0.249. The summed E-state index contributed by atoms with van der Waals surface area (Å²) >= 11 is 3.08. The maximum atomic E-state index is 13.0. The summed E-state index contributed by atoms with van der Waals surface area (Å²) in [6, 6.07) is 10.6. The van der Waals surface area contributed by atoms with Crippen LogP contribution in [-0.4, -0.2) is 39.0 Å². The SMILES string of the molecule is Cc1ccc(S(=O)(=O)N(CCOc2ccsc2)CCOc2ccsc2)cc1. The summed E-state index contributed by atoms with van der Waals surface area (Å²) in [5.41, 5.74) is 1.02. The summed E-state index contributed by atoms with van der Waals surface area (Å²) < 4.78 is 38.8. The number of ether oxygens (including phenoxy) is 2. The van der Waals surface area contributed by atoms with E-state index in [2.05, 4.69) is 0 Å². The van der Waals surface area contributed by atoms with E-state index < -0.39 is 10.0 Å². The van der Waals surface area contributed by atoms with Crippen molar-refractivity contribution in [3.8, 4) is 11.5 Å². The maximum absolute atomic E-state index is 13.0. The molecule has 0 amide bonds. The summed E-state index contributed by atoms with van der Waals surface area (Å²) in [6.45, 7) is 2.98. The number of sulfonamides is 1. The monoisotopic (exact) mass is 423 g/mol. The van der Waals surface area contributed by atoms with Gasteiger partial charge in [-0.25, -0.2) is 8.42 Å². The quantitative estimate of drug-likeness (QED) is 0.489. The van der Waals surface area contributed by atoms with Crippen LogP contribution in [0.5, 0.6) is 11.5 Å². The molecule has 5 nitrogen and oxygen atoms in total. The number of nitrogens with zero attached hydrogens (tertiary/aromatic N) is 1. The average molecular weight is 424 g/mol. The van der Waals surface area contributed by atoms with Gasteiger partial charge in [-0.05, 0) is 41.9 Å². The number of hydrogen-bond acceptors (Lipinski definition) is 6. The molecule has 2 aromatic heterocycles.